The van der Waals surface area contributed by atoms with Crippen LogP contribution in [-0.4, -0.2) is 14.8 Å². The van der Waals surface area contributed by atoms with Gasteiger partial charge in [-0.25, -0.2) is 8.93 Å². The van der Waals surface area contributed by atoms with E-state index in [1.165, 1.54) is 0 Å². The molecule has 1 aromatic heterocycles. The maximum atomic E-state index is 12.2. The Balaban J connectivity index is 2.95. The van der Waals surface area contributed by atoms with Gasteiger partial charge in [0.25, 0.3) is 0 Å². The molecule has 0 bridgehead atoms. The first-order valence-corrected chi connectivity index (χ1v) is 8.26. The largest absolute Gasteiger partial charge is 0.384 e. The molecule has 0 aliphatic carbocycles. The molecule has 108 valence electrons. The molecule has 19 heavy (non-hydrogen) atoms. The average Bonchev–Trinajstić information content (AvgIpc) is 2.72. The molecular formula is C13H23N3OS2. The van der Waals surface area contributed by atoms with Crippen LogP contribution in [0.4, 0.5) is 0 Å². The van der Waals surface area contributed by atoms with Crippen molar-refractivity contribution in [3.63, 3.8) is 0 Å². The zero-order valence-electron chi connectivity index (χ0n) is 12.1. The molecule has 1 unspecified atom stereocenters. The fraction of sp³-hybridized carbons (Fsp3) is 0.615. The monoisotopic (exact) mass is 301 g/mol. The fourth-order valence-electron chi connectivity index (χ4n) is 1.47. The lowest BCUT2D eigenvalue weighted by atomic mass is 10.0. The van der Waals surface area contributed by atoms with Crippen LogP contribution in [0, 0.1) is 11.3 Å². The summed E-state index contributed by atoms with van der Waals surface area (Å²) < 4.78 is 15.1. The van der Waals surface area contributed by atoms with Crippen LogP contribution in [0.2, 0.25) is 0 Å². The number of nitrogens with two attached hydrogens (primary N) is 1. The number of thiophene rings is 1. The van der Waals surface area contributed by atoms with Gasteiger partial charge in [0.2, 0.25) is 0 Å². The molecule has 0 fully saturated rings. The molecule has 0 aromatic carbocycles. The number of nitrogen functional groups attached to an aromatic ring is 1. The van der Waals surface area contributed by atoms with E-state index in [1.807, 2.05) is 32.2 Å². The fourth-order valence-corrected chi connectivity index (χ4v) is 3.66. The minimum absolute atomic E-state index is 0.0122. The van der Waals surface area contributed by atoms with Crippen LogP contribution < -0.4 is 10.5 Å². The van der Waals surface area contributed by atoms with Crippen molar-refractivity contribution in [3.05, 3.63) is 21.9 Å². The number of hydrogen-bond acceptors (Lipinski definition) is 3. The normalized spacial score (nSPS) is 15.5. The van der Waals surface area contributed by atoms with Gasteiger partial charge in [-0.05, 0) is 32.8 Å². The first-order chi connectivity index (χ1) is 8.62. The molecule has 1 aromatic rings. The molecule has 0 saturated carbocycles. The summed E-state index contributed by atoms with van der Waals surface area (Å²) in [6, 6.07) is 1.92. The van der Waals surface area contributed by atoms with Crippen LogP contribution in [0.1, 0.15) is 51.1 Å². The summed E-state index contributed by atoms with van der Waals surface area (Å²) in [5.74, 6) is 0.381. The quantitative estimate of drug-likeness (QED) is 0.577. The predicted octanol–water partition coefficient (Wildman–Crippen LogP) is 2.78. The highest BCUT2D eigenvalue weighted by atomic mass is 32.2. The Hall–Kier alpha value is -0.720. The predicted molar refractivity (Wildman–Crippen MR) is 83.9 cm³/mol. The van der Waals surface area contributed by atoms with Gasteiger partial charge in [-0.15, -0.1) is 11.3 Å². The second-order valence-electron chi connectivity index (χ2n) is 5.87. The Morgan fingerprint density at radius 3 is 2.42 bits per heavy atom. The third-order valence-electron chi connectivity index (χ3n) is 2.69. The van der Waals surface area contributed by atoms with Gasteiger partial charge in [0.1, 0.15) is 5.84 Å². The van der Waals surface area contributed by atoms with Gasteiger partial charge in [-0.1, -0.05) is 13.8 Å². The van der Waals surface area contributed by atoms with E-state index in [0.29, 0.717) is 5.92 Å². The van der Waals surface area contributed by atoms with Crippen molar-refractivity contribution < 1.29 is 4.21 Å². The van der Waals surface area contributed by atoms with E-state index in [0.717, 1.165) is 10.4 Å². The summed E-state index contributed by atoms with van der Waals surface area (Å²) in [7, 11) is -1.12. The highest BCUT2D eigenvalue weighted by Crippen LogP contribution is 2.29. The van der Waals surface area contributed by atoms with Gasteiger partial charge >= 0.3 is 0 Å². The van der Waals surface area contributed by atoms with E-state index < -0.39 is 11.0 Å². The molecule has 0 aliphatic rings. The molecule has 0 spiro atoms. The van der Waals surface area contributed by atoms with Crippen molar-refractivity contribution in [2.45, 2.75) is 45.4 Å². The minimum Gasteiger partial charge on any atom is -0.384 e. The zero-order chi connectivity index (χ0) is 14.8. The summed E-state index contributed by atoms with van der Waals surface area (Å²) >= 11 is 1.55. The molecule has 0 aliphatic heterocycles. The van der Waals surface area contributed by atoms with Crippen LogP contribution in [0.15, 0.2) is 11.4 Å². The van der Waals surface area contributed by atoms with Crippen molar-refractivity contribution in [3.8, 4) is 0 Å². The highest BCUT2D eigenvalue weighted by Gasteiger charge is 2.26. The van der Waals surface area contributed by atoms with Crippen molar-refractivity contribution in [2.75, 3.05) is 0 Å². The number of nitrogens with one attached hydrogen (secondary N) is 2. The van der Waals surface area contributed by atoms with Crippen LogP contribution in [0.5, 0.6) is 0 Å². The van der Waals surface area contributed by atoms with E-state index in [9.17, 15) is 4.21 Å². The van der Waals surface area contributed by atoms with Crippen molar-refractivity contribution >= 4 is 28.2 Å². The topological polar surface area (TPSA) is 79.0 Å². The van der Waals surface area contributed by atoms with E-state index in [2.05, 4.69) is 18.6 Å². The maximum Gasteiger partial charge on any atom is 0.123 e. The molecule has 1 rings (SSSR count). The highest BCUT2D eigenvalue weighted by molar-refractivity contribution is 7.84. The molecule has 4 N–H and O–H groups in total. The lowest BCUT2D eigenvalue weighted by Crippen LogP contribution is -2.37. The lowest BCUT2D eigenvalue weighted by Gasteiger charge is -2.26. The van der Waals surface area contributed by atoms with Crippen LogP contribution in [0.3, 0.4) is 0 Å². The van der Waals surface area contributed by atoms with Crippen LogP contribution in [-0.2, 0) is 11.0 Å². The van der Waals surface area contributed by atoms with Gasteiger partial charge in [-0.3, -0.25) is 5.41 Å². The second-order valence-corrected chi connectivity index (χ2v) is 8.81. The van der Waals surface area contributed by atoms with Gasteiger partial charge < -0.3 is 5.73 Å². The third kappa shape index (κ3) is 4.40. The summed E-state index contributed by atoms with van der Waals surface area (Å²) in [6.45, 7) is 10.0. The second kappa shape index (κ2) is 6.15. The molecular weight excluding hydrogens is 278 g/mol. The first kappa shape index (κ1) is 16.3. The maximum absolute atomic E-state index is 12.2. The number of rotatable bonds is 5. The molecule has 0 radical (unpaired) electrons. The molecule has 1 heterocycles. The SMILES string of the molecule is CC(C)[C@@H](NS(=O)C(C)(C)C)c1cc(C(=N)N)cs1. The van der Waals surface area contributed by atoms with Crippen molar-refractivity contribution in [2.24, 2.45) is 11.7 Å². The Bertz CT molecular complexity index is 474. The summed E-state index contributed by atoms with van der Waals surface area (Å²) in [4.78, 5) is 1.07. The number of hydrogen-bond donors (Lipinski definition) is 3. The van der Waals surface area contributed by atoms with E-state index in [-0.39, 0.29) is 16.6 Å². The third-order valence-corrected chi connectivity index (χ3v) is 5.29. The Morgan fingerprint density at radius 2 is 2.05 bits per heavy atom. The Kier molecular flexibility index (Phi) is 5.29. The minimum atomic E-state index is -1.12. The molecule has 0 saturated heterocycles. The summed E-state index contributed by atoms with van der Waals surface area (Å²) in [6.07, 6.45) is 0. The van der Waals surface area contributed by atoms with Gasteiger partial charge in [0, 0.05) is 15.8 Å². The summed E-state index contributed by atoms with van der Waals surface area (Å²) in [5.41, 5.74) is 6.21. The zero-order valence-corrected chi connectivity index (χ0v) is 13.7. The van der Waals surface area contributed by atoms with E-state index in [4.69, 9.17) is 11.1 Å². The molecule has 2 atom stereocenters. The molecule has 6 heteroatoms. The van der Waals surface area contributed by atoms with Crippen molar-refractivity contribution in [1.29, 1.82) is 5.41 Å². The van der Waals surface area contributed by atoms with Gasteiger partial charge in [0.15, 0.2) is 0 Å². The average molecular weight is 301 g/mol. The van der Waals surface area contributed by atoms with Crippen LogP contribution in [0.25, 0.3) is 0 Å². The Labute approximate surface area is 121 Å². The first-order valence-electron chi connectivity index (χ1n) is 6.23. The smallest absolute Gasteiger partial charge is 0.123 e. The van der Waals surface area contributed by atoms with Gasteiger partial charge in [0.05, 0.1) is 21.8 Å². The van der Waals surface area contributed by atoms with E-state index >= 15 is 0 Å². The Morgan fingerprint density at radius 1 is 1.47 bits per heavy atom. The van der Waals surface area contributed by atoms with E-state index in [1.54, 1.807) is 11.3 Å². The van der Waals surface area contributed by atoms with Gasteiger partial charge in [-0.2, -0.15) is 0 Å². The van der Waals surface area contributed by atoms with Crippen molar-refractivity contribution in [1.82, 2.24) is 4.72 Å². The molecule has 0 amide bonds. The standard InChI is InChI=1S/C13H23N3OS2/c1-8(2)11(16-19(17)13(3,4)5)10-6-9(7-18-10)12(14)15/h6-8,11,16H,1-5H3,(H3,14,15)/t11-,19?/m1/s1. The molecule has 4 nitrogen and oxygen atoms in total. The van der Waals surface area contributed by atoms with Crippen LogP contribution >= 0.6 is 11.3 Å². The summed E-state index contributed by atoms with van der Waals surface area (Å²) in [5, 5.41) is 9.31. The lowest BCUT2D eigenvalue weighted by molar-refractivity contribution is 0.479. The number of amidine groups is 1.